The third kappa shape index (κ3) is 5.90. The van der Waals surface area contributed by atoms with Crippen molar-refractivity contribution in [1.29, 1.82) is 0 Å². The van der Waals surface area contributed by atoms with Gasteiger partial charge in [0, 0.05) is 11.8 Å². The normalized spacial score (nSPS) is 20.3. The van der Waals surface area contributed by atoms with Crippen LogP contribution in [-0.2, 0) is 14.3 Å². The molecule has 4 nitrogen and oxygen atoms in total. The standard InChI is InChI=1S/C21H29NO3S/c1-15(2)12-20-22(18(14-26-20)21(24)25-13-16(3)4)19(23)11-10-17-8-6-5-7-9-17/h5-11,15-16,18,20H,12-14H2,1-4H3/b11-10+/t18-,20+/m0/s1. The SMILES string of the molecule is CC(C)COC(=O)[C@@H]1CS[C@H](CC(C)C)N1C(=O)/C=C/c1ccccc1. The van der Waals surface area contributed by atoms with E-state index in [1.54, 1.807) is 28.8 Å². The molecule has 0 bridgehead atoms. The number of nitrogens with zero attached hydrogens (tertiary/aromatic N) is 1. The largest absolute Gasteiger partial charge is 0.464 e. The van der Waals surface area contributed by atoms with Crippen LogP contribution in [0.4, 0.5) is 0 Å². The maximum atomic E-state index is 12.9. The van der Waals surface area contributed by atoms with E-state index in [9.17, 15) is 9.59 Å². The number of hydrogen-bond donors (Lipinski definition) is 0. The Morgan fingerprint density at radius 2 is 1.88 bits per heavy atom. The molecule has 0 unspecified atom stereocenters. The fraction of sp³-hybridized carbons (Fsp3) is 0.524. The quantitative estimate of drug-likeness (QED) is 0.529. The fourth-order valence-corrected chi connectivity index (χ4v) is 4.42. The van der Waals surface area contributed by atoms with Crippen molar-refractivity contribution >= 4 is 29.7 Å². The van der Waals surface area contributed by atoms with E-state index in [1.165, 1.54) is 0 Å². The number of benzene rings is 1. The van der Waals surface area contributed by atoms with Crippen LogP contribution in [0.3, 0.4) is 0 Å². The Balaban J connectivity index is 2.13. The Kier molecular flexibility index (Phi) is 7.76. The molecule has 142 valence electrons. The number of thioether (sulfide) groups is 1. The molecule has 2 atom stereocenters. The number of amides is 1. The maximum absolute atomic E-state index is 12.9. The zero-order valence-corrected chi connectivity index (χ0v) is 16.9. The van der Waals surface area contributed by atoms with E-state index in [4.69, 9.17) is 4.74 Å². The molecule has 1 saturated heterocycles. The molecular formula is C21H29NO3S. The van der Waals surface area contributed by atoms with Crippen LogP contribution in [0, 0.1) is 11.8 Å². The van der Waals surface area contributed by atoms with E-state index in [0.29, 0.717) is 18.3 Å². The second-order valence-corrected chi connectivity index (χ2v) is 8.66. The van der Waals surface area contributed by atoms with Gasteiger partial charge in [0.05, 0.1) is 12.0 Å². The molecule has 0 spiro atoms. The summed E-state index contributed by atoms with van der Waals surface area (Å²) in [7, 11) is 0. The molecule has 0 aliphatic carbocycles. The molecule has 1 aromatic rings. The highest BCUT2D eigenvalue weighted by molar-refractivity contribution is 8.00. The summed E-state index contributed by atoms with van der Waals surface area (Å²) >= 11 is 1.67. The van der Waals surface area contributed by atoms with Crippen molar-refractivity contribution in [3.63, 3.8) is 0 Å². The summed E-state index contributed by atoms with van der Waals surface area (Å²) in [6.07, 6.45) is 4.23. The molecule has 0 N–H and O–H groups in total. The topological polar surface area (TPSA) is 46.6 Å². The average Bonchev–Trinajstić information content (AvgIpc) is 3.01. The Hall–Kier alpha value is -1.75. The predicted octanol–water partition coefficient (Wildman–Crippen LogP) is 4.22. The third-order valence-electron chi connectivity index (χ3n) is 4.07. The second kappa shape index (κ2) is 9.81. The summed E-state index contributed by atoms with van der Waals surface area (Å²) < 4.78 is 5.41. The number of esters is 1. The first kappa shape index (κ1) is 20.6. The van der Waals surface area contributed by atoms with Crippen LogP contribution in [0.2, 0.25) is 0 Å². The average molecular weight is 376 g/mol. The smallest absolute Gasteiger partial charge is 0.329 e. The Bertz CT molecular complexity index is 627. The summed E-state index contributed by atoms with van der Waals surface area (Å²) in [5.74, 6) is 0.905. The number of hydrogen-bond acceptors (Lipinski definition) is 4. The number of rotatable bonds is 7. The minimum Gasteiger partial charge on any atom is -0.464 e. The molecule has 0 aromatic heterocycles. The summed E-state index contributed by atoms with van der Waals surface area (Å²) in [5, 5.41) is 0.0134. The van der Waals surface area contributed by atoms with Crippen molar-refractivity contribution in [3.8, 4) is 0 Å². The van der Waals surface area contributed by atoms with Gasteiger partial charge in [0.25, 0.3) is 0 Å². The summed E-state index contributed by atoms with van der Waals surface area (Å²) in [5.41, 5.74) is 0.965. The molecule has 1 aliphatic heterocycles. The highest BCUT2D eigenvalue weighted by Crippen LogP contribution is 2.34. The van der Waals surface area contributed by atoms with Crippen LogP contribution >= 0.6 is 11.8 Å². The molecule has 1 amide bonds. The van der Waals surface area contributed by atoms with E-state index < -0.39 is 6.04 Å². The van der Waals surface area contributed by atoms with Crippen LogP contribution in [0.5, 0.6) is 0 Å². The van der Waals surface area contributed by atoms with Gasteiger partial charge in [-0.05, 0) is 29.9 Å². The zero-order chi connectivity index (χ0) is 19.1. The lowest BCUT2D eigenvalue weighted by Gasteiger charge is -2.28. The van der Waals surface area contributed by atoms with Crippen molar-refractivity contribution < 1.29 is 14.3 Å². The van der Waals surface area contributed by atoms with E-state index >= 15 is 0 Å². The molecule has 0 saturated carbocycles. The lowest BCUT2D eigenvalue weighted by molar-refractivity contribution is -0.153. The number of carbonyl (C=O) groups is 2. The van der Waals surface area contributed by atoms with Crippen LogP contribution in [-0.4, -0.2) is 40.6 Å². The van der Waals surface area contributed by atoms with Crippen molar-refractivity contribution in [1.82, 2.24) is 4.90 Å². The van der Waals surface area contributed by atoms with Gasteiger partial charge < -0.3 is 9.64 Å². The lowest BCUT2D eigenvalue weighted by Crippen LogP contribution is -2.46. The van der Waals surface area contributed by atoms with Crippen LogP contribution in [0.15, 0.2) is 36.4 Å². The second-order valence-electron chi connectivity index (χ2n) is 7.45. The summed E-state index contributed by atoms with van der Waals surface area (Å²) in [6, 6.07) is 9.20. The molecule has 0 radical (unpaired) electrons. The van der Waals surface area contributed by atoms with Gasteiger partial charge in [0.1, 0.15) is 6.04 Å². The van der Waals surface area contributed by atoms with Gasteiger partial charge in [-0.25, -0.2) is 4.79 Å². The molecule has 1 aromatic carbocycles. The fourth-order valence-electron chi connectivity index (χ4n) is 2.79. The zero-order valence-electron chi connectivity index (χ0n) is 16.1. The summed E-state index contributed by atoms with van der Waals surface area (Å²) in [4.78, 5) is 27.1. The third-order valence-corrected chi connectivity index (χ3v) is 5.38. The molecule has 26 heavy (non-hydrogen) atoms. The predicted molar refractivity (Wildman–Crippen MR) is 108 cm³/mol. The molecule has 1 fully saturated rings. The van der Waals surface area contributed by atoms with Gasteiger partial charge in [-0.2, -0.15) is 0 Å². The Morgan fingerprint density at radius 1 is 1.19 bits per heavy atom. The Labute approximate surface area is 161 Å². The van der Waals surface area contributed by atoms with E-state index in [2.05, 4.69) is 13.8 Å². The van der Waals surface area contributed by atoms with Crippen molar-refractivity contribution in [2.45, 2.75) is 45.5 Å². The first-order chi connectivity index (χ1) is 12.4. The minimum atomic E-state index is -0.504. The van der Waals surface area contributed by atoms with Gasteiger partial charge >= 0.3 is 5.97 Å². The molecule has 5 heteroatoms. The monoisotopic (exact) mass is 375 g/mol. The van der Waals surface area contributed by atoms with E-state index in [1.807, 2.05) is 44.2 Å². The summed E-state index contributed by atoms with van der Waals surface area (Å²) in [6.45, 7) is 8.66. The van der Waals surface area contributed by atoms with E-state index in [0.717, 1.165) is 12.0 Å². The first-order valence-electron chi connectivity index (χ1n) is 9.22. The van der Waals surface area contributed by atoms with Gasteiger partial charge in [0.2, 0.25) is 5.91 Å². The highest BCUT2D eigenvalue weighted by atomic mass is 32.2. The lowest BCUT2D eigenvalue weighted by atomic mass is 10.1. The molecule has 1 aliphatic rings. The van der Waals surface area contributed by atoms with Crippen molar-refractivity contribution in [3.05, 3.63) is 42.0 Å². The van der Waals surface area contributed by atoms with Gasteiger partial charge in [-0.3, -0.25) is 4.79 Å². The van der Waals surface area contributed by atoms with Crippen LogP contribution < -0.4 is 0 Å². The van der Waals surface area contributed by atoms with Gasteiger partial charge in [0.15, 0.2) is 0 Å². The Morgan fingerprint density at radius 3 is 2.50 bits per heavy atom. The van der Waals surface area contributed by atoms with Gasteiger partial charge in [-0.1, -0.05) is 58.0 Å². The molecule has 1 heterocycles. The van der Waals surface area contributed by atoms with Crippen LogP contribution in [0.25, 0.3) is 6.08 Å². The first-order valence-corrected chi connectivity index (χ1v) is 10.3. The minimum absolute atomic E-state index is 0.0134. The van der Waals surface area contributed by atoms with Crippen molar-refractivity contribution in [2.75, 3.05) is 12.4 Å². The number of carbonyl (C=O) groups excluding carboxylic acids is 2. The van der Waals surface area contributed by atoms with Crippen LogP contribution in [0.1, 0.15) is 39.7 Å². The number of ether oxygens (including phenoxy) is 1. The molecular weight excluding hydrogens is 346 g/mol. The van der Waals surface area contributed by atoms with Crippen molar-refractivity contribution in [2.24, 2.45) is 11.8 Å². The highest BCUT2D eigenvalue weighted by Gasteiger charge is 2.41. The van der Waals surface area contributed by atoms with Gasteiger partial charge in [-0.15, -0.1) is 11.8 Å². The maximum Gasteiger partial charge on any atom is 0.329 e. The van der Waals surface area contributed by atoms with E-state index in [-0.39, 0.29) is 23.2 Å². The molecule has 2 rings (SSSR count).